The molecule has 0 atom stereocenters. The number of aromatic nitrogens is 2. The van der Waals surface area contributed by atoms with Crippen LogP contribution in [0.4, 0.5) is 0 Å². The number of nitrogens with zero attached hydrogens (tertiary/aromatic N) is 2. The predicted octanol–water partition coefficient (Wildman–Crippen LogP) is 1.06. The van der Waals surface area contributed by atoms with Crippen LogP contribution < -0.4 is 11.1 Å². The molecule has 0 bridgehead atoms. The monoisotopic (exact) mass is 250 g/mol. The van der Waals surface area contributed by atoms with Gasteiger partial charge in [0.05, 0.1) is 5.54 Å². The van der Waals surface area contributed by atoms with Crippen molar-refractivity contribution < 1.29 is 4.79 Å². The second-order valence-electron chi connectivity index (χ2n) is 5.46. The van der Waals surface area contributed by atoms with E-state index in [9.17, 15) is 4.79 Å². The fourth-order valence-electron chi connectivity index (χ4n) is 2.60. The lowest BCUT2D eigenvalue weighted by Gasteiger charge is -2.39. The van der Waals surface area contributed by atoms with Gasteiger partial charge in [-0.3, -0.25) is 9.48 Å². The molecule has 18 heavy (non-hydrogen) atoms. The summed E-state index contributed by atoms with van der Waals surface area (Å²) in [4.78, 5) is 12.2. The van der Waals surface area contributed by atoms with E-state index in [1.807, 2.05) is 0 Å². The molecule has 0 saturated heterocycles. The largest absolute Gasteiger partial charge is 0.344 e. The minimum absolute atomic E-state index is 0.0741. The Morgan fingerprint density at radius 3 is 2.78 bits per heavy atom. The van der Waals surface area contributed by atoms with Gasteiger partial charge in [0, 0.05) is 19.8 Å². The summed E-state index contributed by atoms with van der Waals surface area (Å²) in [5.41, 5.74) is 6.24. The molecule has 5 nitrogen and oxygen atoms in total. The van der Waals surface area contributed by atoms with Gasteiger partial charge in [-0.1, -0.05) is 6.92 Å². The van der Waals surface area contributed by atoms with Gasteiger partial charge in [-0.25, -0.2) is 0 Å². The standard InChI is InChI=1S/C13H22N4O/c1-10-3-6-13(9-14,7-4-10)16-12(18)11-5-8-15-17(11)2/h5,8,10H,3-4,6-7,9,14H2,1-2H3,(H,16,18). The highest BCUT2D eigenvalue weighted by molar-refractivity contribution is 5.93. The summed E-state index contributed by atoms with van der Waals surface area (Å²) in [5, 5.41) is 7.14. The third-order valence-electron chi connectivity index (χ3n) is 4.05. The molecule has 1 amide bonds. The van der Waals surface area contributed by atoms with Gasteiger partial charge in [0.2, 0.25) is 0 Å². The summed E-state index contributed by atoms with van der Waals surface area (Å²) >= 11 is 0. The van der Waals surface area contributed by atoms with Gasteiger partial charge < -0.3 is 11.1 Å². The number of hydrogen-bond acceptors (Lipinski definition) is 3. The van der Waals surface area contributed by atoms with Crippen LogP contribution >= 0.6 is 0 Å². The van der Waals surface area contributed by atoms with E-state index in [1.54, 1.807) is 24.0 Å². The summed E-state index contributed by atoms with van der Waals surface area (Å²) in [6, 6.07) is 1.73. The third-order valence-corrected chi connectivity index (χ3v) is 4.05. The second-order valence-corrected chi connectivity index (χ2v) is 5.46. The lowest BCUT2D eigenvalue weighted by molar-refractivity contribution is 0.0850. The maximum absolute atomic E-state index is 12.2. The first kappa shape index (κ1) is 13.1. The fraction of sp³-hybridized carbons (Fsp3) is 0.692. The molecule has 0 unspecified atom stereocenters. The Balaban J connectivity index is 2.07. The van der Waals surface area contributed by atoms with Crippen molar-refractivity contribution in [1.29, 1.82) is 0 Å². The summed E-state index contributed by atoms with van der Waals surface area (Å²) in [7, 11) is 1.77. The summed E-state index contributed by atoms with van der Waals surface area (Å²) in [6.45, 7) is 2.76. The van der Waals surface area contributed by atoms with Gasteiger partial charge in [-0.2, -0.15) is 5.10 Å². The molecule has 0 aromatic carbocycles. The van der Waals surface area contributed by atoms with Crippen LogP contribution in [0, 0.1) is 5.92 Å². The molecule has 1 saturated carbocycles. The zero-order valence-corrected chi connectivity index (χ0v) is 11.1. The molecule has 100 valence electrons. The van der Waals surface area contributed by atoms with Crippen molar-refractivity contribution in [1.82, 2.24) is 15.1 Å². The van der Waals surface area contributed by atoms with Crippen LogP contribution in [0.1, 0.15) is 43.1 Å². The van der Waals surface area contributed by atoms with Crippen LogP contribution in [-0.4, -0.2) is 27.8 Å². The van der Waals surface area contributed by atoms with Crippen LogP contribution in [0.2, 0.25) is 0 Å². The van der Waals surface area contributed by atoms with E-state index < -0.39 is 0 Å². The summed E-state index contributed by atoms with van der Waals surface area (Å²) < 4.78 is 1.59. The van der Waals surface area contributed by atoms with Gasteiger partial charge in [0.15, 0.2) is 0 Å². The molecule has 5 heteroatoms. The van der Waals surface area contributed by atoms with E-state index >= 15 is 0 Å². The van der Waals surface area contributed by atoms with Crippen LogP contribution in [0.5, 0.6) is 0 Å². The third kappa shape index (κ3) is 2.56. The normalized spacial score (nSPS) is 28.1. The topological polar surface area (TPSA) is 72.9 Å². The molecular weight excluding hydrogens is 228 g/mol. The van der Waals surface area contributed by atoms with E-state index in [0.717, 1.165) is 31.6 Å². The number of hydrogen-bond donors (Lipinski definition) is 2. The Hall–Kier alpha value is -1.36. The molecule has 1 aromatic heterocycles. The SMILES string of the molecule is CC1CCC(CN)(NC(=O)c2ccnn2C)CC1. The molecular formula is C13H22N4O. The zero-order valence-electron chi connectivity index (χ0n) is 11.1. The molecule has 1 aliphatic rings. The van der Waals surface area contributed by atoms with Crippen LogP contribution in [0.15, 0.2) is 12.3 Å². The lowest BCUT2D eigenvalue weighted by Crippen LogP contribution is -2.55. The Morgan fingerprint density at radius 2 is 2.28 bits per heavy atom. The molecule has 0 radical (unpaired) electrons. The highest BCUT2D eigenvalue weighted by Gasteiger charge is 2.34. The highest BCUT2D eigenvalue weighted by Crippen LogP contribution is 2.31. The van der Waals surface area contributed by atoms with E-state index in [1.165, 1.54) is 0 Å². The average molecular weight is 250 g/mol. The van der Waals surface area contributed by atoms with Crippen molar-refractivity contribution >= 4 is 5.91 Å². The number of aryl methyl sites for hydroxylation is 1. The van der Waals surface area contributed by atoms with E-state index in [2.05, 4.69) is 17.3 Å². The molecule has 1 fully saturated rings. The molecule has 1 aliphatic carbocycles. The Bertz CT molecular complexity index is 418. The minimum Gasteiger partial charge on any atom is -0.344 e. The van der Waals surface area contributed by atoms with E-state index in [0.29, 0.717) is 12.2 Å². The zero-order chi connectivity index (χ0) is 13.2. The summed E-state index contributed by atoms with van der Waals surface area (Å²) in [6.07, 6.45) is 5.82. The second kappa shape index (κ2) is 5.10. The molecule has 1 aromatic rings. The number of carbonyl (C=O) groups is 1. The van der Waals surface area contributed by atoms with Crippen molar-refractivity contribution in [3.8, 4) is 0 Å². The van der Waals surface area contributed by atoms with Gasteiger partial charge in [-0.05, 0) is 37.7 Å². The maximum atomic E-state index is 12.2. The number of carbonyl (C=O) groups excluding carboxylic acids is 1. The molecule has 2 rings (SSSR count). The quantitative estimate of drug-likeness (QED) is 0.842. The maximum Gasteiger partial charge on any atom is 0.270 e. The number of amides is 1. The Kier molecular flexibility index (Phi) is 3.71. The van der Waals surface area contributed by atoms with Gasteiger partial charge in [-0.15, -0.1) is 0 Å². The molecule has 0 aliphatic heterocycles. The fourth-order valence-corrected chi connectivity index (χ4v) is 2.60. The van der Waals surface area contributed by atoms with Crippen LogP contribution in [0.25, 0.3) is 0 Å². The molecule has 0 spiro atoms. The minimum atomic E-state index is -0.228. The van der Waals surface area contributed by atoms with Crippen LogP contribution in [0.3, 0.4) is 0 Å². The average Bonchev–Trinajstić information content (AvgIpc) is 2.79. The molecule has 1 heterocycles. The Morgan fingerprint density at radius 1 is 1.61 bits per heavy atom. The highest BCUT2D eigenvalue weighted by atomic mass is 16.2. The number of nitrogens with two attached hydrogens (primary N) is 1. The van der Waals surface area contributed by atoms with Crippen molar-refractivity contribution in [2.75, 3.05) is 6.54 Å². The van der Waals surface area contributed by atoms with Crippen LogP contribution in [-0.2, 0) is 7.05 Å². The number of nitrogens with one attached hydrogen (secondary N) is 1. The smallest absolute Gasteiger partial charge is 0.270 e. The van der Waals surface area contributed by atoms with E-state index in [4.69, 9.17) is 5.73 Å². The van der Waals surface area contributed by atoms with Crippen molar-refractivity contribution in [2.24, 2.45) is 18.7 Å². The van der Waals surface area contributed by atoms with Crippen molar-refractivity contribution in [3.63, 3.8) is 0 Å². The van der Waals surface area contributed by atoms with Gasteiger partial charge >= 0.3 is 0 Å². The number of rotatable bonds is 3. The summed E-state index contributed by atoms with van der Waals surface area (Å²) in [5.74, 6) is 0.660. The first-order valence-electron chi connectivity index (χ1n) is 6.57. The molecule has 3 N–H and O–H groups in total. The van der Waals surface area contributed by atoms with E-state index in [-0.39, 0.29) is 11.4 Å². The Labute approximate surface area is 108 Å². The lowest BCUT2D eigenvalue weighted by atomic mass is 9.77. The van der Waals surface area contributed by atoms with Gasteiger partial charge in [0.1, 0.15) is 5.69 Å². The van der Waals surface area contributed by atoms with Gasteiger partial charge in [0.25, 0.3) is 5.91 Å². The predicted molar refractivity (Wildman–Crippen MR) is 70.1 cm³/mol. The van der Waals surface area contributed by atoms with Crippen molar-refractivity contribution in [2.45, 2.75) is 38.1 Å². The van der Waals surface area contributed by atoms with Crippen molar-refractivity contribution in [3.05, 3.63) is 18.0 Å². The first-order chi connectivity index (χ1) is 8.56. The first-order valence-corrected chi connectivity index (χ1v) is 6.57.